The zero-order valence-corrected chi connectivity index (χ0v) is 81.1. The van der Waals surface area contributed by atoms with Gasteiger partial charge in [-0.05, 0) is 253 Å². The molecule has 5 aliphatic heterocycles. The molecule has 752 valence electrons. The average Bonchev–Trinajstić information content (AvgIpc) is 1.68. The molecule has 8 bridgehead atoms. The summed E-state index contributed by atoms with van der Waals surface area (Å²) in [5.74, 6) is 1.67. The third kappa shape index (κ3) is 24.0. The molecular formula is C93H115ClF9N21O12S3. The van der Waals surface area contributed by atoms with Crippen molar-refractivity contribution in [2.45, 2.75) is 246 Å². The van der Waals surface area contributed by atoms with Crippen LogP contribution in [0.4, 0.5) is 68.6 Å². The van der Waals surface area contributed by atoms with Gasteiger partial charge in [0.25, 0.3) is 47.8 Å². The monoisotopic (exact) mass is 2020 g/mol. The number of ether oxygens (including phenoxy) is 3. The summed E-state index contributed by atoms with van der Waals surface area (Å²) >= 11 is 6.24. The van der Waals surface area contributed by atoms with E-state index in [1.54, 1.807) is 67.0 Å². The van der Waals surface area contributed by atoms with Crippen molar-refractivity contribution in [1.29, 1.82) is 0 Å². The van der Waals surface area contributed by atoms with E-state index in [9.17, 15) is 79.2 Å². The summed E-state index contributed by atoms with van der Waals surface area (Å²) in [6.45, 7) is 16.7. The SMILES string of the molecule is CCCC1(C)CC(CCCNc2cccc(S(=O)(=O)NC(=O)c3ccc(-n4ccc(OCCC5(C(F)(F)F)CC5)n4)nc3Cl)n2)CN1.CCCC1(C)CC2CCCNc3cccc(n3)S(=O)(=O)NC(=O)c3ccc(-n4ccc(OCCC5(C(F)(F)F)CC5)n4)nc3N1C2.CCCC1(C)CC2CCCNc3cccc(n3)S(=O)(=O)NC(=O)c3ccc(-n4ccc(OCCC5(C(F)(F)F)CC5)n4)nc3N1C2. The molecule has 139 heavy (non-hydrogen) atoms. The van der Waals surface area contributed by atoms with Gasteiger partial charge >= 0.3 is 18.5 Å². The van der Waals surface area contributed by atoms with Crippen LogP contribution in [0.3, 0.4) is 0 Å². The molecule has 7 N–H and O–H groups in total. The van der Waals surface area contributed by atoms with Crippen LogP contribution in [0.1, 0.15) is 227 Å². The van der Waals surface area contributed by atoms with E-state index in [0.29, 0.717) is 91.2 Å². The highest BCUT2D eigenvalue weighted by Crippen LogP contribution is 2.62. The Balaban J connectivity index is 0.000000158. The Morgan fingerprint density at radius 3 is 1.37 bits per heavy atom. The van der Waals surface area contributed by atoms with Crippen molar-refractivity contribution < 1.29 is 93.4 Å². The molecule has 0 radical (unpaired) electrons. The number of halogens is 10. The van der Waals surface area contributed by atoms with Gasteiger partial charge in [-0.2, -0.15) is 64.8 Å². The van der Waals surface area contributed by atoms with Crippen LogP contribution in [0.2, 0.25) is 5.15 Å². The van der Waals surface area contributed by atoms with Crippen LogP contribution >= 0.6 is 11.6 Å². The highest BCUT2D eigenvalue weighted by Gasteiger charge is 2.65. The second-order valence-corrected chi connectivity index (χ2v) is 43.5. The summed E-state index contributed by atoms with van der Waals surface area (Å²) in [7, 11) is -13.0. The number of hydrogen-bond acceptors (Lipinski definition) is 27. The fourth-order valence-corrected chi connectivity index (χ4v) is 22.5. The fraction of sp³-hybridized carbons (Fsp3) is 0.548. The Kier molecular flexibility index (Phi) is 30.3. The fourth-order valence-electron chi connectivity index (χ4n) is 19.5. The Morgan fingerprint density at radius 1 is 0.525 bits per heavy atom. The number of fused-ring (bicyclic) bond motifs is 12. The van der Waals surface area contributed by atoms with Crippen molar-refractivity contribution in [3.8, 4) is 35.1 Å². The van der Waals surface area contributed by atoms with E-state index in [1.165, 1.54) is 74.8 Å². The molecule has 0 aromatic carbocycles. The number of pyridine rings is 6. The smallest absolute Gasteiger partial charge is 0.394 e. The van der Waals surface area contributed by atoms with Crippen LogP contribution in [0.25, 0.3) is 17.5 Å². The Hall–Kier alpha value is -11.2. The van der Waals surface area contributed by atoms with Gasteiger partial charge in [0, 0.05) is 86.1 Å². The number of amides is 3. The molecule has 6 atom stereocenters. The maximum absolute atomic E-state index is 13.7. The number of carbonyl (C=O) groups is 3. The van der Waals surface area contributed by atoms with Gasteiger partial charge in [0.2, 0.25) is 17.6 Å². The second kappa shape index (κ2) is 41.2. The lowest BCUT2D eigenvalue weighted by molar-refractivity contribution is -0.190. The molecule has 14 heterocycles. The van der Waals surface area contributed by atoms with Crippen molar-refractivity contribution in [3.05, 3.63) is 150 Å². The van der Waals surface area contributed by atoms with Gasteiger partial charge in [-0.25, -0.2) is 58.1 Å². The molecule has 3 saturated heterocycles. The van der Waals surface area contributed by atoms with Crippen molar-refractivity contribution in [2.75, 3.05) is 84.8 Å². The molecule has 0 spiro atoms. The predicted molar refractivity (Wildman–Crippen MR) is 499 cm³/mol. The quantitative estimate of drug-likeness (QED) is 0.0130. The van der Waals surface area contributed by atoms with E-state index in [1.807, 2.05) is 4.72 Å². The lowest BCUT2D eigenvalue weighted by Gasteiger charge is -2.37. The molecule has 9 aromatic rings. The van der Waals surface area contributed by atoms with Crippen molar-refractivity contribution >= 4 is 88.5 Å². The highest BCUT2D eigenvalue weighted by molar-refractivity contribution is 7.90. The topological polar surface area (TPSA) is 403 Å². The number of rotatable bonds is 29. The van der Waals surface area contributed by atoms with Crippen LogP contribution in [-0.2, 0) is 30.1 Å². The van der Waals surface area contributed by atoms with Crippen LogP contribution in [-0.4, -0.2) is 196 Å². The third-order valence-electron chi connectivity index (χ3n) is 27.6. The number of nitrogens with zero attached hydrogens (tertiary/aromatic N) is 14. The van der Waals surface area contributed by atoms with Crippen molar-refractivity contribution in [3.63, 3.8) is 0 Å². The first-order valence-electron chi connectivity index (χ1n) is 47.0. The summed E-state index contributed by atoms with van der Waals surface area (Å²) in [4.78, 5) is 71.0. The first-order chi connectivity index (χ1) is 65.9. The summed E-state index contributed by atoms with van der Waals surface area (Å²) < 4.78 is 225. The van der Waals surface area contributed by atoms with Gasteiger partial charge in [-0.3, -0.25) is 14.4 Å². The van der Waals surface area contributed by atoms with Crippen LogP contribution in [0, 0.1) is 34.0 Å². The normalized spacial score (nSPS) is 22.7. The molecule has 46 heteroatoms. The first kappa shape index (κ1) is 102. The van der Waals surface area contributed by atoms with E-state index in [2.05, 4.69) is 117 Å². The average molecular weight is 2020 g/mol. The number of alkyl halides is 9. The summed E-state index contributed by atoms with van der Waals surface area (Å²) in [6, 6.07) is 27.0. The zero-order chi connectivity index (χ0) is 99.4. The lowest BCUT2D eigenvalue weighted by atomic mass is 9.88. The summed E-state index contributed by atoms with van der Waals surface area (Å²) in [6.07, 6.45) is 6.17. The minimum Gasteiger partial charge on any atom is -0.477 e. The van der Waals surface area contributed by atoms with E-state index < -0.39 is 82.6 Å². The minimum absolute atomic E-state index is 0.0879. The van der Waals surface area contributed by atoms with Gasteiger partial charge in [0.15, 0.2) is 32.5 Å². The molecule has 3 amide bonds. The third-order valence-corrected chi connectivity index (χ3v) is 31.6. The molecule has 8 aliphatic rings. The van der Waals surface area contributed by atoms with Crippen molar-refractivity contribution in [2.24, 2.45) is 34.0 Å². The summed E-state index contributed by atoms with van der Waals surface area (Å²) in [5.41, 5.74) is -5.51. The number of anilines is 5. The molecule has 33 nitrogen and oxygen atoms in total. The van der Waals surface area contributed by atoms with E-state index in [-0.39, 0.29) is 155 Å². The number of sulfonamides is 3. The van der Waals surface area contributed by atoms with E-state index >= 15 is 0 Å². The van der Waals surface area contributed by atoms with E-state index in [0.717, 1.165) is 103 Å². The Bertz CT molecular complexity index is 6030. The Morgan fingerprint density at radius 2 is 0.950 bits per heavy atom. The van der Waals surface area contributed by atoms with Gasteiger partial charge in [0.1, 0.15) is 34.2 Å². The molecule has 17 rings (SSSR count). The standard InChI is InChI=1S/C31H39ClF3N7O4S.2C31H38F3N7O4S/c1-3-12-29(2)19-21(20-37-29)6-5-16-36-23-7-4-8-26(38-23)47(44,45)41-28(43)22-9-10-24(39-27(22)32)42-17-11-25(40-42)46-18-15-30(13-14-30)31(33,34)35;2*1-3-12-29(2)19-21-6-5-16-35-23-7-4-8-26(36-23)46(43,44)39-28(42)22-9-10-24(37-27(22)40(29)20-21)41-17-11-25(38-41)45-18-15-30(13-14-30)31(32,33)34/h4,7-11,17,21,37H,3,5-6,12-16,18-20H2,1-2H3,(H,36,38)(H,41,43);2*4,7-11,17,21H,3,5-6,12-16,18-20H2,1-2H3,(H,35,36)(H,39,42). The minimum atomic E-state index is -4.34. The van der Waals surface area contributed by atoms with Crippen LogP contribution in [0.15, 0.2) is 143 Å². The molecule has 3 saturated carbocycles. The molecule has 3 aliphatic carbocycles. The predicted octanol–water partition coefficient (Wildman–Crippen LogP) is 16.9. The van der Waals surface area contributed by atoms with Gasteiger partial charge < -0.3 is 45.3 Å². The number of hydrogen-bond donors (Lipinski definition) is 7. The maximum atomic E-state index is 13.7. The second-order valence-electron chi connectivity index (χ2n) is 38.2. The van der Waals surface area contributed by atoms with E-state index in [4.69, 9.17) is 35.8 Å². The van der Waals surface area contributed by atoms with Crippen LogP contribution in [0.5, 0.6) is 17.6 Å². The zero-order valence-electron chi connectivity index (χ0n) is 77.9. The number of carbonyl (C=O) groups excluding carboxylic acids is 3. The highest BCUT2D eigenvalue weighted by atomic mass is 35.5. The molecule has 6 unspecified atom stereocenters. The summed E-state index contributed by atoms with van der Waals surface area (Å²) in [5, 5.41) is 24.9. The number of nitrogens with one attached hydrogen (secondary N) is 7. The van der Waals surface area contributed by atoms with Crippen molar-refractivity contribution in [1.82, 2.24) is 78.7 Å². The maximum Gasteiger partial charge on any atom is 0.394 e. The molecule has 6 fully saturated rings. The van der Waals surface area contributed by atoms with Gasteiger partial charge in [0.05, 0.1) is 52.8 Å². The molecular weight excluding hydrogens is 1910 g/mol. The van der Waals surface area contributed by atoms with Gasteiger partial charge in [-0.15, -0.1) is 15.3 Å². The molecule has 9 aromatic heterocycles. The Labute approximate surface area is 805 Å². The first-order valence-corrected chi connectivity index (χ1v) is 51.8. The van der Waals surface area contributed by atoms with Crippen LogP contribution < -0.4 is 59.4 Å². The van der Waals surface area contributed by atoms with Gasteiger partial charge in [-0.1, -0.05) is 69.8 Å². The lowest BCUT2D eigenvalue weighted by Crippen LogP contribution is -2.43. The number of aromatic nitrogens is 12. The largest absolute Gasteiger partial charge is 0.477 e.